The minimum Gasteiger partial charge on any atom is -0.497 e. The van der Waals surface area contributed by atoms with Gasteiger partial charge in [0.25, 0.3) is 5.91 Å². The average molecular weight is 340 g/mol. The molecule has 2 aromatic carbocycles. The molecule has 7 heteroatoms. The summed E-state index contributed by atoms with van der Waals surface area (Å²) in [6.45, 7) is 0. The summed E-state index contributed by atoms with van der Waals surface area (Å²) < 4.78 is 5.09. The van der Waals surface area contributed by atoms with E-state index in [0.29, 0.717) is 11.3 Å². The van der Waals surface area contributed by atoms with Crippen molar-refractivity contribution in [3.63, 3.8) is 0 Å². The van der Waals surface area contributed by atoms with Crippen LogP contribution in [0.4, 0.5) is 10.8 Å². The van der Waals surface area contributed by atoms with Gasteiger partial charge in [0.2, 0.25) is 5.13 Å². The number of carbonyl (C=O) groups excluding carboxylic acids is 1. The molecular weight excluding hydrogens is 324 g/mol. The van der Waals surface area contributed by atoms with E-state index in [0.717, 1.165) is 21.4 Å². The first-order valence-electron chi connectivity index (χ1n) is 7.26. The van der Waals surface area contributed by atoms with Crippen molar-refractivity contribution in [1.82, 2.24) is 10.2 Å². The summed E-state index contributed by atoms with van der Waals surface area (Å²) in [5.41, 5.74) is 2.25. The Morgan fingerprint density at radius 2 is 1.75 bits per heavy atom. The lowest BCUT2D eigenvalue weighted by molar-refractivity contribution is 0.102. The lowest BCUT2D eigenvalue weighted by atomic mass is 10.2. The van der Waals surface area contributed by atoms with Crippen LogP contribution in [0, 0.1) is 0 Å². The van der Waals surface area contributed by atoms with Gasteiger partial charge in [-0.15, -0.1) is 10.2 Å². The molecule has 0 fully saturated rings. The first-order valence-corrected chi connectivity index (χ1v) is 8.08. The number of amides is 1. The van der Waals surface area contributed by atoms with Crippen LogP contribution in [0.15, 0.2) is 48.5 Å². The van der Waals surface area contributed by atoms with Crippen molar-refractivity contribution in [3.8, 4) is 16.3 Å². The Bertz CT molecular complexity index is 829. The van der Waals surface area contributed by atoms with Gasteiger partial charge in [0.1, 0.15) is 10.8 Å². The number of aromatic nitrogens is 2. The maximum Gasteiger partial charge on any atom is 0.255 e. The standard InChI is InChI=1S/C17H16N4O2S/c1-18-17-21-20-16(24-17)12-3-7-13(8-4-12)19-15(22)11-5-9-14(23-2)10-6-11/h3-10H,1-2H3,(H,18,21)(H,19,22). The third-order valence-electron chi connectivity index (χ3n) is 3.38. The highest BCUT2D eigenvalue weighted by Gasteiger charge is 2.08. The lowest BCUT2D eigenvalue weighted by Crippen LogP contribution is -2.11. The van der Waals surface area contributed by atoms with Crippen LogP contribution in [0.3, 0.4) is 0 Å². The van der Waals surface area contributed by atoms with Crippen molar-refractivity contribution < 1.29 is 9.53 Å². The van der Waals surface area contributed by atoms with Gasteiger partial charge in [-0.2, -0.15) is 0 Å². The summed E-state index contributed by atoms with van der Waals surface area (Å²) in [6.07, 6.45) is 0. The zero-order valence-corrected chi connectivity index (χ0v) is 14.1. The molecule has 0 saturated carbocycles. The Morgan fingerprint density at radius 1 is 1.04 bits per heavy atom. The zero-order valence-electron chi connectivity index (χ0n) is 13.2. The number of hydrogen-bond acceptors (Lipinski definition) is 6. The second-order valence-corrected chi connectivity index (χ2v) is 5.90. The molecular formula is C17H16N4O2S. The summed E-state index contributed by atoms with van der Waals surface area (Å²) in [5, 5.41) is 15.5. The van der Waals surface area contributed by atoms with Crippen LogP contribution in [0.2, 0.25) is 0 Å². The summed E-state index contributed by atoms with van der Waals surface area (Å²) in [7, 11) is 3.40. The van der Waals surface area contributed by atoms with E-state index in [1.807, 2.05) is 31.3 Å². The van der Waals surface area contributed by atoms with E-state index < -0.39 is 0 Å². The third kappa shape index (κ3) is 3.52. The van der Waals surface area contributed by atoms with Crippen LogP contribution in [0.1, 0.15) is 10.4 Å². The largest absolute Gasteiger partial charge is 0.497 e. The molecule has 6 nitrogen and oxygen atoms in total. The van der Waals surface area contributed by atoms with E-state index in [1.54, 1.807) is 31.4 Å². The Morgan fingerprint density at radius 3 is 2.33 bits per heavy atom. The maximum absolute atomic E-state index is 12.2. The molecule has 0 spiro atoms. The van der Waals surface area contributed by atoms with Crippen LogP contribution in [-0.2, 0) is 0 Å². The van der Waals surface area contributed by atoms with Crippen LogP contribution >= 0.6 is 11.3 Å². The molecule has 0 unspecified atom stereocenters. The number of methoxy groups -OCH3 is 1. The monoisotopic (exact) mass is 340 g/mol. The number of anilines is 2. The van der Waals surface area contributed by atoms with E-state index in [9.17, 15) is 4.79 Å². The van der Waals surface area contributed by atoms with Gasteiger partial charge in [0.05, 0.1) is 7.11 Å². The molecule has 0 aliphatic heterocycles. The molecule has 0 aliphatic carbocycles. The number of hydrogen-bond donors (Lipinski definition) is 2. The second-order valence-electron chi connectivity index (χ2n) is 4.92. The molecule has 0 saturated heterocycles. The van der Waals surface area contributed by atoms with E-state index in [-0.39, 0.29) is 5.91 Å². The van der Waals surface area contributed by atoms with Crippen molar-refractivity contribution in [1.29, 1.82) is 0 Å². The molecule has 3 aromatic rings. The fraction of sp³-hybridized carbons (Fsp3) is 0.118. The highest BCUT2D eigenvalue weighted by atomic mass is 32.1. The molecule has 3 rings (SSSR count). The summed E-state index contributed by atoms with van der Waals surface area (Å²) in [5.74, 6) is 0.549. The van der Waals surface area contributed by atoms with Crippen molar-refractivity contribution in [3.05, 3.63) is 54.1 Å². The summed E-state index contributed by atoms with van der Waals surface area (Å²) >= 11 is 1.47. The number of nitrogens with zero attached hydrogens (tertiary/aromatic N) is 2. The van der Waals surface area contributed by atoms with Crippen LogP contribution < -0.4 is 15.4 Å². The minimum absolute atomic E-state index is 0.168. The lowest BCUT2D eigenvalue weighted by Gasteiger charge is -2.06. The Balaban J connectivity index is 1.70. The average Bonchev–Trinajstić information content (AvgIpc) is 3.11. The molecule has 1 heterocycles. The topological polar surface area (TPSA) is 76.1 Å². The Kier molecular flexibility index (Phi) is 4.72. The van der Waals surface area contributed by atoms with Gasteiger partial charge >= 0.3 is 0 Å². The van der Waals surface area contributed by atoms with Gasteiger partial charge in [-0.1, -0.05) is 11.3 Å². The van der Waals surface area contributed by atoms with E-state index in [1.165, 1.54) is 11.3 Å². The van der Waals surface area contributed by atoms with Gasteiger partial charge in [0.15, 0.2) is 0 Å². The molecule has 122 valence electrons. The van der Waals surface area contributed by atoms with Crippen LogP contribution in [-0.4, -0.2) is 30.3 Å². The van der Waals surface area contributed by atoms with Crippen molar-refractivity contribution in [2.24, 2.45) is 0 Å². The van der Waals surface area contributed by atoms with Gasteiger partial charge in [-0.3, -0.25) is 4.79 Å². The smallest absolute Gasteiger partial charge is 0.255 e. The summed E-state index contributed by atoms with van der Waals surface area (Å²) in [6, 6.07) is 14.5. The van der Waals surface area contributed by atoms with Gasteiger partial charge in [-0.05, 0) is 48.5 Å². The predicted molar refractivity (Wildman–Crippen MR) is 95.8 cm³/mol. The van der Waals surface area contributed by atoms with Gasteiger partial charge < -0.3 is 15.4 Å². The van der Waals surface area contributed by atoms with Crippen molar-refractivity contribution in [2.75, 3.05) is 24.8 Å². The third-order valence-corrected chi connectivity index (χ3v) is 4.37. The SMILES string of the molecule is CNc1nnc(-c2ccc(NC(=O)c3ccc(OC)cc3)cc2)s1. The van der Waals surface area contributed by atoms with Gasteiger partial charge in [0, 0.05) is 23.9 Å². The Hall–Kier alpha value is -2.93. The molecule has 0 aliphatic rings. The van der Waals surface area contributed by atoms with Gasteiger partial charge in [-0.25, -0.2) is 0 Å². The fourth-order valence-electron chi connectivity index (χ4n) is 2.08. The van der Waals surface area contributed by atoms with E-state index in [2.05, 4.69) is 20.8 Å². The zero-order chi connectivity index (χ0) is 16.9. The van der Waals surface area contributed by atoms with Crippen LogP contribution in [0.25, 0.3) is 10.6 Å². The first kappa shape index (κ1) is 15.9. The number of nitrogens with one attached hydrogen (secondary N) is 2. The number of ether oxygens (including phenoxy) is 1. The summed E-state index contributed by atoms with van der Waals surface area (Å²) in [4.78, 5) is 12.2. The molecule has 24 heavy (non-hydrogen) atoms. The Labute approximate surface area is 143 Å². The highest BCUT2D eigenvalue weighted by Crippen LogP contribution is 2.27. The molecule has 0 radical (unpaired) electrons. The number of carbonyl (C=O) groups is 1. The molecule has 0 atom stereocenters. The predicted octanol–water partition coefficient (Wildman–Crippen LogP) is 3.51. The normalized spacial score (nSPS) is 10.2. The molecule has 1 aromatic heterocycles. The van der Waals surface area contributed by atoms with Crippen molar-refractivity contribution in [2.45, 2.75) is 0 Å². The van der Waals surface area contributed by atoms with E-state index >= 15 is 0 Å². The fourth-order valence-corrected chi connectivity index (χ4v) is 2.79. The number of benzene rings is 2. The quantitative estimate of drug-likeness (QED) is 0.743. The van der Waals surface area contributed by atoms with Crippen molar-refractivity contribution >= 4 is 28.1 Å². The molecule has 1 amide bonds. The molecule has 2 N–H and O–H groups in total. The number of rotatable bonds is 5. The van der Waals surface area contributed by atoms with E-state index in [4.69, 9.17) is 4.74 Å². The first-order chi connectivity index (χ1) is 11.7. The highest BCUT2D eigenvalue weighted by molar-refractivity contribution is 7.18. The molecule has 0 bridgehead atoms. The maximum atomic E-state index is 12.2. The minimum atomic E-state index is -0.168. The van der Waals surface area contributed by atoms with Crippen LogP contribution in [0.5, 0.6) is 5.75 Å². The second kappa shape index (κ2) is 7.10.